The number of benzene rings is 1. The largest absolute Gasteiger partial charge is 0.496 e. The predicted octanol–water partition coefficient (Wildman–Crippen LogP) is 2.40. The standard InChI is InChI=1S/C15H25NO4/c1-6-7-16-12(10-17-2)11-8-14(19-4)15(20-5)9-13(11)18-3/h8-9,12,16H,6-7,10H2,1-5H3. The monoisotopic (exact) mass is 283 g/mol. The fourth-order valence-electron chi connectivity index (χ4n) is 2.07. The quantitative estimate of drug-likeness (QED) is 0.754. The minimum absolute atomic E-state index is 0.0507. The van der Waals surface area contributed by atoms with Gasteiger partial charge in [-0.2, -0.15) is 0 Å². The van der Waals surface area contributed by atoms with Crippen molar-refractivity contribution in [3.8, 4) is 17.2 Å². The molecule has 0 spiro atoms. The molecule has 5 nitrogen and oxygen atoms in total. The molecule has 0 saturated carbocycles. The average Bonchev–Trinajstić information content (AvgIpc) is 2.50. The molecule has 0 aliphatic rings. The summed E-state index contributed by atoms with van der Waals surface area (Å²) in [6.07, 6.45) is 1.05. The Morgan fingerprint density at radius 3 is 2.05 bits per heavy atom. The maximum Gasteiger partial charge on any atom is 0.164 e. The van der Waals surface area contributed by atoms with Crippen LogP contribution in [-0.4, -0.2) is 41.6 Å². The normalized spacial score (nSPS) is 12.1. The second-order valence-electron chi connectivity index (χ2n) is 4.41. The summed E-state index contributed by atoms with van der Waals surface area (Å²) in [5.41, 5.74) is 1.00. The van der Waals surface area contributed by atoms with Gasteiger partial charge >= 0.3 is 0 Å². The van der Waals surface area contributed by atoms with Crippen LogP contribution in [0.25, 0.3) is 0 Å². The van der Waals surface area contributed by atoms with Crippen LogP contribution in [0.2, 0.25) is 0 Å². The minimum atomic E-state index is 0.0507. The maximum absolute atomic E-state index is 5.46. The van der Waals surface area contributed by atoms with Gasteiger partial charge in [0.05, 0.1) is 34.0 Å². The van der Waals surface area contributed by atoms with E-state index in [2.05, 4.69) is 12.2 Å². The number of rotatable bonds is 9. The van der Waals surface area contributed by atoms with Crippen LogP contribution in [0, 0.1) is 0 Å². The Labute approximate surface area is 121 Å². The maximum atomic E-state index is 5.46. The first-order chi connectivity index (χ1) is 9.71. The Balaban J connectivity index is 3.16. The molecule has 0 heterocycles. The molecule has 0 aromatic heterocycles. The van der Waals surface area contributed by atoms with Gasteiger partial charge in [0.1, 0.15) is 5.75 Å². The van der Waals surface area contributed by atoms with E-state index in [1.54, 1.807) is 28.4 Å². The molecule has 0 bridgehead atoms. The third-order valence-electron chi connectivity index (χ3n) is 3.09. The number of hydrogen-bond donors (Lipinski definition) is 1. The van der Waals surface area contributed by atoms with E-state index < -0.39 is 0 Å². The van der Waals surface area contributed by atoms with E-state index in [1.807, 2.05) is 12.1 Å². The highest BCUT2D eigenvalue weighted by molar-refractivity contribution is 5.51. The van der Waals surface area contributed by atoms with Crippen molar-refractivity contribution < 1.29 is 18.9 Å². The number of methoxy groups -OCH3 is 4. The van der Waals surface area contributed by atoms with Crippen molar-refractivity contribution in [2.75, 3.05) is 41.6 Å². The predicted molar refractivity (Wildman–Crippen MR) is 79.0 cm³/mol. The zero-order chi connectivity index (χ0) is 15.0. The highest BCUT2D eigenvalue weighted by atomic mass is 16.5. The molecule has 1 rings (SSSR count). The molecule has 114 valence electrons. The summed E-state index contributed by atoms with van der Waals surface area (Å²) in [6.45, 7) is 3.60. The van der Waals surface area contributed by atoms with Gasteiger partial charge in [0.15, 0.2) is 11.5 Å². The fourth-order valence-corrected chi connectivity index (χ4v) is 2.07. The molecule has 1 N–H and O–H groups in total. The van der Waals surface area contributed by atoms with Gasteiger partial charge < -0.3 is 24.3 Å². The molecular weight excluding hydrogens is 258 g/mol. The van der Waals surface area contributed by atoms with Crippen molar-refractivity contribution in [2.45, 2.75) is 19.4 Å². The van der Waals surface area contributed by atoms with E-state index in [0.717, 1.165) is 24.3 Å². The molecule has 0 saturated heterocycles. The van der Waals surface area contributed by atoms with Gasteiger partial charge in [-0.05, 0) is 19.0 Å². The number of ether oxygens (including phenoxy) is 4. The first-order valence-corrected chi connectivity index (χ1v) is 6.74. The van der Waals surface area contributed by atoms with Crippen molar-refractivity contribution in [1.82, 2.24) is 5.32 Å². The molecule has 1 atom stereocenters. The van der Waals surface area contributed by atoms with Crippen molar-refractivity contribution in [3.63, 3.8) is 0 Å². The van der Waals surface area contributed by atoms with Crippen LogP contribution in [-0.2, 0) is 4.74 Å². The van der Waals surface area contributed by atoms with Gasteiger partial charge in [-0.15, -0.1) is 0 Å². The first-order valence-electron chi connectivity index (χ1n) is 6.74. The van der Waals surface area contributed by atoms with Gasteiger partial charge in [-0.1, -0.05) is 6.92 Å². The molecule has 20 heavy (non-hydrogen) atoms. The van der Waals surface area contributed by atoms with E-state index in [0.29, 0.717) is 18.1 Å². The van der Waals surface area contributed by atoms with Gasteiger partial charge in [-0.3, -0.25) is 0 Å². The second-order valence-corrected chi connectivity index (χ2v) is 4.41. The number of nitrogens with one attached hydrogen (secondary N) is 1. The summed E-state index contributed by atoms with van der Waals surface area (Å²) in [4.78, 5) is 0. The van der Waals surface area contributed by atoms with Gasteiger partial charge in [-0.25, -0.2) is 0 Å². The van der Waals surface area contributed by atoms with Gasteiger partial charge in [0.25, 0.3) is 0 Å². The van der Waals surface area contributed by atoms with E-state index in [4.69, 9.17) is 18.9 Å². The molecule has 0 radical (unpaired) electrons. The summed E-state index contributed by atoms with van der Waals surface area (Å²) in [5.74, 6) is 2.09. The van der Waals surface area contributed by atoms with Crippen molar-refractivity contribution >= 4 is 0 Å². The average molecular weight is 283 g/mol. The molecule has 0 amide bonds. The molecule has 0 aliphatic carbocycles. The highest BCUT2D eigenvalue weighted by Gasteiger charge is 2.19. The topological polar surface area (TPSA) is 49.0 Å². The Kier molecular flexibility index (Phi) is 7.18. The van der Waals surface area contributed by atoms with Crippen LogP contribution < -0.4 is 19.5 Å². The molecule has 5 heteroatoms. The summed E-state index contributed by atoms with van der Waals surface area (Å²) >= 11 is 0. The molecular formula is C15H25NO4. The fraction of sp³-hybridized carbons (Fsp3) is 0.600. The van der Waals surface area contributed by atoms with Crippen LogP contribution >= 0.6 is 0 Å². The van der Waals surface area contributed by atoms with E-state index in [-0.39, 0.29) is 6.04 Å². The zero-order valence-corrected chi connectivity index (χ0v) is 13.0. The van der Waals surface area contributed by atoms with E-state index >= 15 is 0 Å². The smallest absolute Gasteiger partial charge is 0.164 e. The van der Waals surface area contributed by atoms with Crippen LogP contribution in [0.1, 0.15) is 24.9 Å². The molecule has 0 fully saturated rings. The van der Waals surface area contributed by atoms with E-state index in [1.165, 1.54) is 0 Å². The lowest BCUT2D eigenvalue weighted by atomic mass is 10.0. The molecule has 1 aromatic carbocycles. The summed E-state index contributed by atoms with van der Waals surface area (Å²) in [6, 6.07) is 3.82. The zero-order valence-electron chi connectivity index (χ0n) is 13.0. The van der Waals surface area contributed by atoms with Crippen LogP contribution in [0.3, 0.4) is 0 Å². The van der Waals surface area contributed by atoms with Crippen LogP contribution in [0.4, 0.5) is 0 Å². The molecule has 1 unspecified atom stereocenters. The minimum Gasteiger partial charge on any atom is -0.496 e. The number of hydrogen-bond acceptors (Lipinski definition) is 5. The van der Waals surface area contributed by atoms with Crippen LogP contribution in [0.5, 0.6) is 17.2 Å². The van der Waals surface area contributed by atoms with Crippen LogP contribution in [0.15, 0.2) is 12.1 Å². The Morgan fingerprint density at radius 1 is 0.950 bits per heavy atom. The Morgan fingerprint density at radius 2 is 1.55 bits per heavy atom. The van der Waals surface area contributed by atoms with Crippen molar-refractivity contribution in [3.05, 3.63) is 17.7 Å². The third-order valence-corrected chi connectivity index (χ3v) is 3.09. The van der Waals surface area contributed by atoms with Gasteiger partial charge in [0.2, 0.25) is 0 Å². The summed E-state index contributed by atoms with van der Waals surface area (Å²) in [7, 11) is 6.57. The Hall–Kier alpha value is -1.46. The van der Waals surface area contributed by atoms with Crippen molar-refractivity contribution in [2.24, 2.45) is 0 Å². The van der Waals surface area contributed by atoms with Gasteiger partial charge in [0, 0.05) is 18.7 Å². The lowest BCUT2D eigenvalue weighted by molar-refractivity contribution is 0.165. The lowest BCUT2D eigenvalue weighted by Gasteiger charge is -2.22. The first kappa shape index (κ1) is 16.6. The second kappa shape index (κ2) is 8.66. The molecule has 0 aliphatic heterocycles. The van der Waals surface area contributed by atoms with Crippen molar-refractivity contribution in [1.29, 1.82) is 0 Å². The summed E-state index contributed by atoms with van der Waals surface area (Å²) in [5, 5.41) is 3.45. The molecule has 1 aromatic rings. The Bertz CT molecular complexity index is 409. The SMILES string of the molecule is CCCNC(COC)c1cc(OC)c(OC)cc1OC. The summed E-state index contributed by atoms with van der Waals surface area (Å²) < 4.78 is 21.4. The third kappa shape index (κ3) is 4.02. The lowest BCUT2D eigenvalue weighted by Crippen LogP contribution is -2.26. The highest BCUT2D eigenvalue weighted by Crippen LogP contribution is 2.37. The van der Waals surface area contributed by atoms with E-state index in [9.17, 15) is 0 Å².